The molecule has 0 saturated heterocycles. The maximum atomic E-state index is 5.63. The maximum Gasteiger partial charge on any atom is 0.160 e. The highest BCUT2D eigenvalue weighted by molar-refractivity contribution is 6.20. The van der Waals surface area contributed by atoms with Crippen molar-refractivity contribution in [3.63, 3.8) is 0 Å². The molecule has 0 atom stereocenters. The second kappa shape index (κ2) is 14.7. The summed E-state index contributed by atoms with van der Waals surface area (Å²) in [4.78, 5) is 11.1. The van der Waals surface area contributed by atoms with E-state index in [-0.39, 0.29) is 0 Å². The van der Waals surface area contributed by atoms with E-state index >= 15 is 0 Å². The van der Waals surface area contributed by atoms with E-state index in [0.29, 0.717) is 5.82 Å². The monoisotopic (exact) mass is 848 g/mol. The topological polar surface area (TPSA) is 25.8 Å². The standard InChI is InChI=1S/C65H40N2/c1-2-17-41(18-3-1)46-21-8-9-27-52(46)60-40-61(55-29-16-28-54-51-26-12-15-32-59(51)65(63(54)55)57-30-13-10-24-49(57)50-25-11-14-31-58(50)65)67-64(66-60)44-35-33-43(34-36-44)62-48-23-7-5-20-45(48)39-56-47-22-6-4-19-42(47)37-38-53(56)62/h1-40H. The summed E-state index contributed by atoms with van der Waals surface area (Å²) in [5.41, 5.74) is 19.3. The maximum absolute atomic E-state index is 5.63. The zero-order chi connectivity index (χ0) is 44.1. The highest BCUT2D eigenvalue weighted by Gasteiger charge is 2.52. The first kappa shape index (κ1) is 37.6. The van der Waals surface area contributed by atoms with Gasteiger partial charge in [0, 0.05) is 16.7 Å². The molecule has 2 heteroatoms. The zero-order valence-corrected chi connectivity index (χ0v) is 36.5. The Morgan fingerprint density at radius 2 is 0.776 bits per heavy atom. The summed E-state index contributed by atoms with van der Waals surface area (Å²) in [5, 5.41) is 7.47. The third-order valence-corrected chi connectivity index (χ3v) is 14.5. The largest absolute Gasteiger partial charge is 0.228 e. The van der Waals surface area contributed by atoms with E-state index in [9.17, 15) is 0 Å². The average molecular weight is 849 g/mol. The Morgan fingerprint density at radius 3 is 1.48 bits per heavy atom. The molecule has 2 aliphatic carbocycles. The lowest BCUT2D eigenvalue weighted by molar-refractivity contribution is 0.795. The van der Waals surface area contributed by atoms with E-state index in [1.165, 1.54) is 82.4 Å². The minimum atomic E-state index is -0.531. The van der Waals surface area contributed by atoms with Crippen molar-refractivity contribution in [2.24, 2.45) is 0 Å². The fraction of sp³-hybridized carbons (Fsp3) is 0.0154. The van der Waals surface area contributed by atoms with Crippen molar-refractivity contribution in [3.8, 4) is 78.4 Å². The molecule has 0 fully saturated rings. The molecule has 67 heavy (non-hydrogen) atoms. The summed E-state index contributed by atoms with van der Waals surface area (Å²) in [7, 11) is 0. The lowest BCUT2D eigenvalue weighted by Gasteiger charge is -2.32. The van der Waals surface area contributed by atoms with E-state index in [1.54, 1.807) is 0 Å². The molecule has 2 aliphatic rings. The second-order valence-electron chi connectivity index (χ2n) is 17.9. The van der Waals surface area contributed by atoms with Gasteiger partial charge in [0.2, 0.25) is 0 Å². The molecule has 0 radical (unpaired) electrons. The second-order valence-corrected chi connectivity index (χ2v) is 17.9. The lowest BCUT2D eigenvalue weighted by Crippen LogP contribution is -2.26. The molecule has 0 saturated carbocycles. The molecule has 0 unspecified atom stereocenters. The molecule has 1 spiro atoms. The normalized spacial score (nSPS) is 12.9. The highest BCUT2D eigenvalue weighted by atomic mass is 14.9. The number of fused-ring (bicyclic) bond motifs is 14. The molecular weight excluding hydrogens is 809 g/mol. The Balaban J connectivity index is 1.01. The fourth-order valence-corrected chi connectivity index (χ4v) is 11.7. The van der Waals surface area contributed by atoms with E-state index in [2.05, 4.69) is 243 Å². The van der Waals surface area contributed by atoms with Gasteiger partial charge in [0.1, 0.15) is 0 Å². The van der Waals surface area contributed by atoms with Crippen molar-refractivity contribution in [1.82, 2.24) is 9.97 Å². The Hall–Kier alpha value is -8.72. The fourth-order valence-electron chi connectivity index (χ4n) is 11.7. The van der Waals surface area contributed by atoms with Gasteiger partial charge in [-0.05, 0) is 111 Å². The predicted octanol–water partition coefficient (Wildman–Crippen LogP) is 16.6. The number of benzene rings is 11. The SMILES string of the molecule is c1ccc(-c2ccccc2-c2cc(-c3cccc4c3C3(c5ccccc5-c5ccccc53)c3ccccc3-4)nc(-c3ccc(-c4c5ccccc5cc5c4ccc4ccccc45)cc3)n2)cc1. The Kier molecular flexibility index (Phi) is 8.23. The molecule has 1 heterocycles. The van der Waals surface area contributed by atoms with Gasteiger partial charge in [-0.2, -0.15) is 0 Å². The molecule has 310 valence electrons. The van der Waals surface area contributed by atoms with Crippen LogP contribution in [0.25, 0.3) is 111 Å². The number of hydrogen-bond acceptors (Lipinski definition) is 2. The number of nitrogens with zero attached hydrogens (tertiary/aromatic N) is 2. The summed E-state index contributed by atoms with van der Waals surface area (Å²) >= 11 is 0. The molecule has 12 aromatic rings. The minimum absolute atomic E-state index is 0.531. The third-order valence-electron chi connectivity index (χ3n) is 14.5. The predicted molar refractivity (Wildman–Crippen MR) is 278 cm³/mol. The molecule has 2 nitrogen and oxygen atoms in total. The van der Waals surface area contributed by atoms with Gasteiger partial charge in [0.15, 0.2) is 5.82 Å². The first-order chi connectivity index (χ1) is 33.2. The molecule has 0 N–H and O–H groups in total. The van der Waals surface area contributed by atoms with Crippen LogP contribution in [0, 0.1) is 0 Å². The molecule has 0 amide bonds. The highest BCUT2D eigenvalue weighted by Crippen LogP contribution is 2.64. The smallest absolute Gasteiger partial charge is 0.160 e. The van der Waals surface area contributed by atoms with Crippen molar-refractivity contribution >= 4 is 32.3 Å². The third kappa shape index (κ3) is 5.51. The molecule has 14 rings (SSSR count). The van der Waals surface area contributed by atoms with Crippen LogP contribution in [0.5, 0.6) is 0 Å². The Bertz CT molecular complexity index is 3910. The molecular formula is C65H40N2. The van der Waals surface area contributed by atoms with Crippen molar-refractivity contribution < 1.29 is 0 Å². The number of hydrogen-bond donors (Lipinski definition) is 0. The van der Waals surface area contributed by atoms with Crippen LogP contribution in [0.1, 0.15) is 22.3 Å². The van der Waals surface area contributed by atoms with Gasteiger partial charge in [0.25, 0.3) is 0 Å². The average Bonchev–Trinajstić information content (AvgIpc) is 3.88. The number of aromatic nitrogens is 2. The Labute approximate surface area is 389 Å². The van der Waals surface area contributed by atoms with E-state index in [4.69, 9.17) is 9.97 Å². The molecule has 1 aromatic heterocycles. The first-order valence-corrected chi connectivity index (χ1v) is 23.1. The first-order valence-electron chi connectivity index (χ1n) is 23.1. The zero-order valence-electron chi connectivity index (χ0n) is 36.5. The van der Waals surface area contributed by atoms with Crippen molar-refractivity contribution in [3.05, 3.63) is 265 Å². The molecule has 11 aromatic carbocycles. The Morgan fingerprint density at radius 1 is 0.269 bits per heavy atom. The number of rotatable bonds is 5. The van der Waals surface area contributed by atoms with Crippen LogP contribution in [0.15, 0.2) is 243 Å². The van der Waals surface area contributed by atoms with Crippen LogP contribution in [0.4, 0.5) is 0 Å². The van der Waals surface area contributed by atoms with Crippen LogP contribution in [0.2, 0.25) is 0 Å². The van der Waals surface area contributed by atoms with Crippen LogP contribution in [-0.2, 0) is 5.41 Å². The van der Waals surface area contributed by atoms with Crippen molar-refractivity contribution in [2.45, 2.75) is 5.41 Å². The van der Waals surface area contributed by atoms with Crippen LogP contribution in [0.3, 0.4) is 0 Å². The summed E-state index contributed by atoms with van der Waals surface area (Å²) < 4.78 is 0. The minimum Gasteiger partial charge on any atom is -0.228 e. The van der Waals surface area contributed by atoms with Crippen LogP contribution < -0.4 is 0 Å². The van der Waals surface area contributed by atoms with Gasteiger partial charge < -0.3 is 0 Å². The van der Waals surface area contributed by atoms with Gasteiger partial charge in [-0.1, -0.05) is 231 Å². The van der Waals surface area contributed by atoms with Crippen molar-refractivity contribution in [1.29, 1.82) is 0 Å². The van der Waals surface area contributed by atoms with Gasteiger partial charge in [-0.15, -0.1) is 0 Å². The van der Waals surface area contributed by atoms with Gasteiger partial charge in [0.05, 0.1) is 16.8 Å². The van der Waals surface area contributed by atoms with E-state index in [1.807, 2.05) is 0 Å². The van der Waals surface area contributed by atoms with Gasteiger partial charge in [-0.25, -0.2) is 9.97 Å². The summed E-state index contributed by atoms with van der Waals surface area (Å²) in [6.07, 6.45) is 0. The van der Waals surface area contributed by atoms with Gasteiger partial charge in [-0.3, -0.25) is 0 Å². The lowest BCUT2D eigenvalue weighted by atomic mass is 9.69. The summed E-state index contributed by atoms with van der Waals surface area (Å²) in [6, 6.07) is 88.7. The van der Waals surface area contributed by atoms with Crippen LogP contribution >= 0.6 is 0 Å². The van der Waals surface area contributed by atoms with E-state index < -0.39 is 5.41 Å². The summed E-state index contributed by atoms with van der Waals surface area (Å²) in [6.45, 7) is 0. The molecule has 0 aliphatic heterocycles. The van der Waals surface area contributed by atoms with E-state index in [0.717, 1.165) is 44.8 Å². The molecule has 0 bridgehead atoms. The van der Waals surface area contributed by atoms with Gasteiger partial charge >= 0.3 is 0 Å². The summed E-state index contributed by atoms with van der Waals surface area (Å²) in [5.74, 6) is 0.685. The van der Waals surface area contributed by atoms with Crippen molar-refractivity contribution in [2.75, 3.05) is 0 Å². The quantitative estimate of drug-likeness (QED) is 0.127. The van der Waals surface area contributed by atoms with Crippen LogP contribution in [-0.4, -0.2) is 9.97 Å².